The first kappa shape index (κ1) is 20.9. The largest absolute Gasteiger partial charge is 0.507 e. The molecular weight excluding hydrogens is 469 g/mol. The average Bonchev–Trinajstić information content (AvgIpc) is 3.36. The Morgan fingerprint density at radius 3 is 2.61 bits per heavy atom. The summed E-state index contributed by atoms with van der Waals surface area (Å²) in [6.07, 6.45) is 1.44. The second-order valence-electron chi connectivity index (χ2n) is 6.88. The SMILES string of the molecule is COc1ccc(/C(O)=C2\C(=O)C(=O)N(Cc3ccco3)C2c2ccccc2F)cc1Br. The molecule has 0 saturated carbocycles. The average molecular weight is 486 g/mol. The van der Waals surface area contributed by atoms with E-state index in [-0.39, 0.29) is 23.2 Å². The van der Waals surface area contributed by atoms with Crippen LogP contribution in [0.1, 0.15) is 22.9 Å². The fraction of sp³-hybridized carbons (Fsp3) is 0.130. The second-order valence-corrected chi connectivity index (χ2v) is 7.73. The number of ketones is 1. The molecule has 0 bridgehead atoms. The van der Waals surface area contributed by atoms with E-state index in [9.17, 15) is 19.1 Å². The van der Waals surface area contributed by atoms with Gasteiger partial charge in [0.2, 0.25) is 0 Å². The predicted molar refractivity (Wildman–Crippen MR) is 114 cm³/mol. The number of carbonyl (C=O) groups is 2. The highest BCUT2D eigenvalue weighted by molar-refractivity contribution is 9.10. The van der Waals surface area contributed by atoms with Gasteiger partial charge in [0.25, 0.3) is 11.7 Å². The Morgan fingerprint density at radius 2 is 1.97 bits per heavy atom. The number of aliphatic hydroxyl groups excluding tert-OH is 1. The number of ether oxygens (including phenoxy) is 1. The zero-order valence-corrected chi connectivity index (χ0v) is 17.9. The summed E-state index contributed by atoms with van der Waals surface area (Å²) >= 11 is 3.34. The van der Waals surface area contributed by atoms with Crippen LogP contribution in [0.2, 0.25) is 0 Å². The van der Waals surface area contributed by atoms with Crippen LogP contribution >= 0.6 is 15.9 Å². The minimum Gasteiger partial charge on any atom is -0.507 e. The van der Waals surface area contributed by atoms with Crippen LogP contribution in [-0.4, -0.2) is 28.8 Å². The summed E-state index contributed by atoms with van der Waals surface area (Å²) < 4.78 is 25.8. The van der Waals surface area contributed by atoms with Crippen LogP contribution in [0.3, 0.4) is 0 Å². The highest BCUT2D eigenvalue weighted by Gasteiger charge is 2.47. The third kappa shape index (κ3) is 3.74. The van der Waals surface area contributed by atoms with Gasteiger partial charge >= 0.3 is 0 Å². The summed E-state index contributed by atoms with van der Waals surface area (Å²) in [4.78, 5) is 27.0. The van der Waals surface area contributed by atoms with Crippen LogP contribution in [0.25, 0.3) is 5.76 Å². The molecule has 1 atom stereocenters. The van der Waals surface area contributed by atoms with Crippen molar-refractivity contribution in [2.24, 2.45) is 0 Å². The summed E-state index contributed by atoms with van der Waals surface area (Å²) in [6, 6.07) is 12.8. The van der Waals surface area contributed by atoms with E-state index in [4.69, 9.17) is 9.15 Å². The predicted octanol–water partition coefficient (Wildman–Crippen LogP) is 4.81. The van der Waals surface area contributed by atoms with Crippen molar-refractivity contribution in [1.29, 1.82) is 0 Å². The van der Waals surface area contributed by atoms with Gasteiger partial charge in [-0.05, 0) is 52.3 Å². The molecule has 6 nitrogen and oxygen atoms in total. The molecule has 3 aromatic rings. The third-order valence-corrected chi connectivity index (χ3v) is 5.69. The van der Waals surface area contributed by atoms with Gasteiger partial charge in [-0.2, -0.15) is 0 Å². The lowest BCUT2D eigenvalue weighted by Gasteiger charge is -2.24. The Balaban J connectivity index is 1.89. The number of furan rings is 1. The summed E-state index contributed by atoms with van der Waals surface area (Å²) in [6.45, 7) is -0.0559. The lowest BCUT2D eigenvalue weighted by atomic mass is 9.95. The van der Waals surface area contributed by atoms with Gasteiger partial charge in [0.05, 0.1) is 36.0 Å². The molecule has 1 aliphatic heterocycles. The second kappa shape index (κ2) is 8.39. The van der Waals surface area contributed by atoms with Crippen LogP contribution in [0.5, 0.6) is 5.75 Å². The maximum atomic E-state index is 14.7. The van der Waals surface area contributed by atoms with Gasteiger partial charge in [-0.3, -0.25) is 9.59 Å². The molecule has 0 aliphatic carbocycles. The number of halogens is 2. The van der Waals surface area contributed by atoms with Crippen LogP contribution in [0.15, 0.2) is 75.3 Å². The lowest BCUT2D eigenvalue weighted by molar-refractivity contribution is -0.140. The molecule has 31 heavy (non-hydrogen) atoms. The van der Waals surface area contributed by atoms with Crippen LogP contribution < -0.4 is 4.74 Å². The van der Waals surface area contributed by atoms with Gasteiger partial charge < -0.3 is 19.2 Å². The van der Waals surface area contributed by atoms with Crippen molar-refractivity contribution < 1.29 is 28.2 Å². The summed E-state index contributed by atoms with van der Waals surface area (Å²) in [5.74, 6) is -1.79. The van der Waals surface area contributed by atoms with E-state index in [2.05, 4.69) is 15.9 Å². The molecule has 1 unspecified atom stereocenters. The number of methoxy groups -OCH3 is 1. The van der Waals surface area contributed by atoms with E-state index < -0.39 is 29.3 Å². The van der Waals surface area contributed by atoms with Crippen LogP contribution in [-0.2, 0) is 16.1 Å². The van der Waals surface area contributed by atoms with E-state index >= 15 is 0 Å². The van der Waals surface area contributed by atoms with Crippen molar-refractivity contribution >= 4 is 33.4 Å². The smallest absolute Gasteiger partial charge is 0.296 e. The molecule has 2 aromatic carbocycles. The number of benzene rings is 2. The van der Waals surface area contributed by atoms with Crippen molar-refractivity contribution in [3.63, 3.8) is 0 Å². The van der Waals surface area contributed by atoms with Crippen molar-refractivity contribution in [2.45, 2.75) is 12.6 Å². The molecule has 1 N–H and O–H groups in total. The number of Topliss-reactive ketones (excluding diaryl/α,β-unsaturated/α-hetero) is 1. The van der Waals surface area contributed by atoms with Gasteiger partial charge in [0, 0.05) is 11.1 Å². The fourth-order valence-electron chi connectivity index (χ4n) is 3.60. The van der Waals surface area contributed by atoms with Gasteiger partial charge in [0.15, 0.2) is 0 Å². The summed E-state index contributed by atoms with van der Waals surface area (Å²) in [7, 11) is 1.50. The van der Waals surface area contributed by atoms with Crippen molar-refractivity contribution in [2.75, 3.05) is 7.11 Å². The van der Waals surface area contributed by atoms with Crippen molar-refractivity contribution in [3.05, 3.63) is 93.6 Å². The number of hydrogen-bond acceptors (Lipinski definition) is 5. The molecule has 8 heteroatoms. The van der Waals surface area contributed by atoms with Crippen molar-refractivity contribution in [1.82, 2.24) is 4.90 Å². The number of likely N-dealkylation sites (tertiary alicyclic amines) is 1. The number of rotatable bonds is 5. The standard InChI is InChI=1S/C23H17BrFNO5/c1-30-18-9-8-13(11-16(18)24)21(27)19-20(15-6-2-3-7-17(15)25)26(23(29)22(19)28)12-14-5-4-10-31-14/h2-11,20,27H,12H2,1H3/b21-19+. The third-order valence-electron chi connectivity index (χ3n) is 5.07. The molecular formula is C23H17BrFNO5. The Labute approximate surface area is 185 Å². The lowest BCUT2D eigenvalue weighted by Crippen LogP contribution is -2.29. The van der Waals surface area contributed by atoms with Crippen LogP contribution in [0.4, 0.5) is 4.39 Å². The Bertz CT molecular complexity index is 1190. The van der Waals surface area contributed by atoms with Gasteiger partial charge in [-0.1, -0.05) is 18.2 Å². The minimum absolute atomic E-state index is 0.0559. The molecule has 1 aromatic heterocycles. The first-order valence-corrected chi connectivity index (χ1v) is 10.1. The van der Waals surface area contributed by atoms with E-state index in [0.717, 1.165) is 0 Å². The highest BCUT2D eigenvalue weighted by Crippen LogP contribution is 2.41. The number of aliphatic hydroxyl groups is 1. The van der Waals surface area contributed by atoms with E-state index in [1.165, 1.54) is 36.5 Å². The first-order valence-electron chi connectivity index (χ1n) is 9.31. The maximum Gasteiger partial charge on any atom is 0.296 e. The normalized spacial score (nSPS) is 17.9. The number of amides is 1. The molecule has 158 valence electrons. The van der Waals surface area contributed by atoms with Gasteiger partial charge in [0.1, 0.15) is 23.1 Å². The minimum atomic E-state index is -1.12. The molecule has 2 heterocycles. The highest BCUT2D eigenvalue weighted by atomic mass is 79.9. The molecule has 1 fully saturated rings. The fourth-order valence-corrected chi connectivity index (χ4v) is 4.14. The molecule has 0 radical (unpaired) electrons. The van der Waals surface area contributed by atoms with Gasteiger partial charge in [-0.15, -0.1) is 0 Å². The molecule has 1 amide bonds. The molecule has 1 aliphatic rings. The van der Waals surface area contributed by atoms with Gasteiger partial charge in [-0.25, -0.2) is 4.39 Å². The Kier molecular flexibility index (Phi) is 5.65. The number of nitrogens with zero attached hydrogens (tertiary/aromatic N) is 1. The first-order chi connectivity index (χ1) is 14.9. The van der Waals surface area contributed by atoms with Crippen molar-refractivity contribution in [3.8, 4) is 5.75 Å². The van der Waals surface area contributed by atoms with E-state index in [1.54, 1.807) is 36.4 Å². The number of carbonyl (C=O) groups excluding carboxylic acids is 2. The Hall–Kier alpha value is -3.39. The monoisotopic (exact) mass is 485 g/mol. The number of hydrogen-bond donors (Lipinski definition) is 1. The topological polar surface area (TPSA) is 80.0 Å². The molecule has 4 rings (SSSR count). The van der Waals surface area contributed by atoms with E-state index in [0.29, 0.717) is 16.0 Å². The van der Waals surface area contributed by atoms with E-state index in [1.807, 2.05) is 0 Å². The summed E-state index contributed by atoms with van der Waals surface area (Å²) in [5, 5.41) is 11.0. The summed E-state index contributed by atoms with van der Waals surface area (Å²) in [5.41, 5.74) is 0.186. The Morgan fingerprint density at radius 1 is 1.19 bits per heavy atom. The maximum absolute atomic E-state index is 14.7. The quantitative estimate of drug-likeness (QED) is 0.318. The zero-order chi connectivity index (χ0) is 22.1. The van der Waals surface area contributed by atoms with Crippen LogP contribution in [0, 0.1) is 5.82 Å². The zero-order valence-electron chi connectivity index (χ0n) is 16.3. The molecule has 0 spiro atoms. The molecule has 1 saturated heterocycles.